The molecule has 0 radical (unpaired) electrons. The van der Waals surface area contributed by atoms with Crippen molar-refractivity contribution in [1.82, 2.24) is 0 Å². The molecule has 0 aliphatic heterocycles. The summed E-state index contributed by atoms with van der Waals surface area (Å²) in [4.78, 5) is 0. The molecule has 1 atom stereocenters. The molecule has 0 spiro atoms. The van der Waals surface area contributed by atoms with Crippen molar-refractivity contribution < 1.29 is 5.11 Å². The molecular weight excluding hydrogens is 275 g/mol. The molecule has 0 amide bonds. The van der Waals surface area contributed by atoms with Gasteiger partial charge in [-0.1, -0.05) is 0 Å². The van der Waals surface area contributed by atoms with E-state index in [1.54, 1.807) is 0 Å². The van der Waals surface area contributed by atoms with Crippen molar-refractivity contribution in [1.29, 1.82) is 0 Å². The number of aliphatic hydroxyl groups is 1. The molecule has 1 nitrogen and oxygen atoms in total. The van der Waals surface area contributed by atoms with Gasteiger partial charge in [-0.25, -0.2) is 0 Å². The average Bonchev–Trinajstić information content (AvgIpc) is 2.37. The molecule has 0 unspecified atom stereocenters. The van der Waals surface area contributed by atoms with Crippen molar-refractivity contribution >= 4 is 19.4 Å². The van der Waals surface area contributed by atoms with Crippen LogP contribution in [0.2, 0.25) is 5.32 Å². The fourth-order valence-electron chi connectivity index (χ4n) is 1.65. The third-order valence-corrected chi connectivity index (χ3v) is 4.83. The molecule has 0 aromatic heterocycles. The van der Waals surface area contributed by atoms with E-state index >= 15 is 0 Å². The normalized spacial score (nSPS) is 12.4. The van der Waals surface area contributed by atoms with E-state index in [0.717, 1.165) is 10.9 Å². The average molecular weight is 291 g/mol. The van der Waals surface area contributed by atoms with Gasteiger partial charge in [0.25, 0.3) is 0 Å². The molecular formula is C15H16OSe. The number of hydrogen-bond acceptors (Lipinski definition) is 1. The van der Waals surface area contributed by atoms with Crippen LogP contribution in [0.25, 0.3) is 0 Å². The Kier molecular flexibility index (Phi) is 4.38. The van der Waals surface area contributed by atoms with Gasteiger partial charge in [0.2, 0.25) is 0 Å². The molecule has 88 valence electrons. The Hall–Kier alpha value is -1.08. The van der Waals surface area contributed by atoms with Crippen LogP contribution in [0.4, 0.5) is 0 Å². The van der Waals surface area contributed by atoms with Gasteiger partial charge in [-0.15, -0.1) is 0 Å². The Balaban J connectivity index is 1.95. The molecule has 2 heteroatoms. The summed E-state index contributed by atoms with van der Waals surface area (Å²) in [6.07, 6.45) is -0.336. The fraction of sp³-hybridized carbons (Fsp3) is 0.200. The van der Waals surface area contributed by atoms with Crippen molar-refractivity contribution in [3.05, 3.63) is 65.7 Å². The standard InChI is InChI=1S/C15H16OSe/c1-12-6-5-9-14(10-12)17-11-15(16)13-7-3-2-4-8-13/h2-10,15-16H,11H2,1H3/t15-/m0/s1. The first-order chi connectivity index (χ1) is 8.25. The van der Waals surface area contributed by atoms with Gasteiger partial charge < -0.3 is 0 Å². The van der Waals surface area contributed by atoms with Crippen LogP contribution < -0.4 is 4.46 Å². The van der Waals surface area contributed by atoms with Crippen LogP contribution >= 0.6 is 0 Å². The first-order valence-corrected chi connectivity index (χ1v) is 7.75. The number of benzene rings is 2. The van der Waals surface area contributed by atoms with Gasteiger partial charge in [-0.05, 0) is 0 Å². The first kappa shape index (κ1) is 12.4. The van der Waals surface area contributed by atoms with E-state index in [1.807, 2.05) is 30.3 Å². The van der Waals surface area contributed by atoms with E-state index in [9.17, 15) is 5.11 Å². The van der Waals surface area contributed by atoms with Crippen molar-refractivity contribution in [2.75, 3.05) is 0 Å². The van der Waals surface area contributed by atoms with E-state index in [1.165, 1.54) is 10.0 Å². The second-order valence-corrected chi connectivity index (χ2v) is 6.35. The minimum absolute atomic E-state index is 0.335. The summed E-state index contributed by atoms with van der Waals surface area (Å²) < 4.78 is 1.35. The maximum atomic E-state index is 10.1. The van der Waals surface area contributed by atoms with E-state index in [0.29, 0.717) is 15.0 Å². The van der Waals surface area contributed by atoms with Gasteiger partial charge in [-0.2, -0.15) is 0 Å². The number of rotatable bonds is 4. The second kappa shape index (κ2) is 6.02. The molecule has 0 heterocycles. The van der Waals surface area contributed by atoms with Crippen LogP contribution in [-0.4, -0.2) is 20.1 Å². The molecule has 0 fully saturated rings. The molecule has 0 aliphatic rings. The fourth-order valence-corrected chi connectivity index (χ4v) is 3.72. The van der Waals surface area contributed by atoms with Crippen LogP contribution in [0.5, 0.6) is 0 Å². The summed E-state index contributed by atoms with van der Waals surface area (Å²) in [6.45, 7) is 2.10. The Morgan fingerprint density at radius 3 is 2.53 bits per heavy atom. The third-order valence-electron chi connectivity index (χ3n) is 2.58. The van der Waals surface area contributed by atoms with Gasteiger partial charge in [0, 0.05) is 0 Å². The summed E-state index contributed by atoms with van der Waals surface area (Å²) in [5.41, 5.74) is 2.31. The molecule has 1 N–H and O–H groups in total. The van der Waals surface area contributed by atoms with E-state index in [4.69, 9.17) is 0 Å². The van der Waals surface area contributed by atoms with Gasteiger partial charge in [0.15, 0.2) is 0 Å². The second-order valence-electron chi connectivity index (χ2n) is 4.05. The Labute approximate surface area is 109 Å². The van der Waals surface area contributed by atoms with Crippen LogP contribution in [0.1, 0.15) is 17.2 Å². The Morgan fingerprint density at radius 2 is 1.82 bits per heavy atom. The third kappa shape index (κ3) is 3.71. The first-order valence-electron chi connectivity index (χ1n) is 5.68. The molecule has 2 aromatic carbocycles. The SMILES string of the molecule is Cc1cccc([Se]C[C@H](O)c2ccccc2)c1. The van der Waals surface area contributed by atoms with Crippen molar-refractivity contribution in [3.63, 3.8) is 0 Å². The van der Waals surface area contributed by atoms with Crippen molar-refractivity contribution in [3.8, 4) is 0 Å². The van der Waals surface area contributed by atoms with E-state index in [-0.39, 0.29) is 6.10 Å². The molecule has 0 bridgehead atoms. The molecule has 2 aromatic rings. The molecule has 0 aliphatic carbocycles. The number of aryl methyl sites for hydroxylation is 1. The zero-order chi connectivity index (χ0) is 12.1. The Morgan fingerprint density at radius 1 is 1.06 bits per heavy atom. The zero-order valence-corrected chi connectivity index (χ0v) is 11.5. The molecule has 0 saturated heterocycles. The van der Waals surface area contributed by atoms with Gasteiger partial charge in [0.05, 0.1) is 0 Å². The number of aliphatic hydroxyl groups excluding tert-OH is 1. The topological polar surface area (TPSA) is 20.2 Å². The van der Waals surface area contributed by atoms with Crippen LogP contribution in [-0.2, 0) is 0 Å². The quantitative estimate of drug-likeness (QED) is 0.858. The maximum absolute atomic E-state index is 10.1. The van der Waals surface area contributed by atoms with E-state index < -0.39 is 0 Å². The summed E-state index contributed by atoms with van der Waals surface area (Å²) in [5.74, 6) is 0. The van der Waals surface area contributed by atoms with Crippen LogP contribution in [0.15, 0.2) is 54.6 Å². The van der Waals surface area contributed by atoms with Crippen LogP contribution in [0, 0.1) is 6.92 Å². The number of hydrogen-bond donors (Lipinski definition) is 1. The summed E-state index contributed by atoms with van der Waals surface area (Å²) in [5, 5.41) is 10.9. The molecule has 17 heavy (non-hydrogen) atoms. The predicted molar refractivity (Wildman–Crippen MR) is 72.8 cm³/mol. The van der Waals surface area contributed by atoms with Crippen molar-refractivity contribution in [2.45, 2.75) is 18.3 Å². The van der Waals surface area contributed by atoms with Crippen molar-refractivity contribution in [2.24, 2.45) is 0 Å². The summed E-state index contributed by atoms with van der Waals surface area (Å²) >= 11 is 0.335. The zero-order valence-electron chi connectivity index (χ0n) is 9.84. The minimum atomic E-state index is -0.336. The Bertz CT molecular complexity index is 467. The summed E-state index contributed by atoms with van der Waals surface area (Å²) in [6, 6.07) is 18.4. The van der Waals surface area contributed by atoms with Gasteiger partial charge in [0.1, 0.15) is 0 Å². The van der Waals surface area contributed by atoms with E-state index in [2.05, 4.69) is 31.2 Å². The monoisotopic (exact) mass is 292 g/mol. The van der Waals surface area contributed by atoms with Gasteiger partial charge >= 0.3 is 109 Å². The molecule has 0 saturated carbocycles. The van der Waals surface area contributed by atoms with Crippen LogP contribution in [0.3, 0.4) is 0 Å². The van der Waals surface area contributed by atoms with Gasteiger partial charge in [-0.3, -0.25) is 0 Å². The predicted octanol–water partition coefficient (Wildman–Crippen LogP) is 2.48. The summed E-state index contributed by atoms with van der Waals surface area (Å²) in [7, 11) is 0. The molecule has 2 rings (SSSR count).